The molecule has 0 aliphatic heterocycles. The SMILES string of the molecule is CCCc1ccc(OCCNC(=O)CN(c2cc(Cl)ccc2C)S(=O)(=O)c2ccccc2)cc1. The van der Waals surface area contributed by atoms with Crippen LogP contribution in [0, 0.1) is 6.92 Å². The summed E-state index contributed by atoms with van der Waals surface area (Å²) in [5, 5.41) is 3.12. The quantitative estimate of drug-likeness (QED) is 0.376. The molecule has 1 N–H and O–H groups in total. The van der Waals surface area contributed by atoms with Gasteiger partial charge in [-0.15, -0.1) is 0 Å². The van der Waals surface area contributed by atoms with Gasteiger partial charge in [0.25, 0.3) is 10.0 Å². The van der Waals surface area contributed by atoms with Crippen LogP contribution in [0.1, 0.15) is 24.5 Å². The first kappa shape index (κ1) is 25.6. The van der Waals surface area contributed by atoms with Crippen molar-refractivity contribution in [3.63, 3.8) is 0 Å². The van der Waals surface area contributed by atoms with Gasteiger partial charge in [0, 0.05) is 5.02 Å². The average molecular weight is 501 g/mol. The highest BCUT2D eigenvalue weighted by Crippen LogP contribution is 2.29. The van der Waals surface area contributed by atoms with E-state index in [1.165, 1.54) is 17.7 Å². The molecule has 3 rings (SSSR count). The van der Waals surface area contributed by atoms with E-state index in [4.69, 9.17) is 16.3 Å². The molecule has 0 fully saturated rings. The van der Waals surface area contributed by atoms with Gasteiger partial charge in [-0.1, -0.05) is 61.3 Å². The van der Waals surface area contributed by atoms with Crippen LogP contribution >= 0.6 is 11.6 Å². The highest BCUT2D eigenvalue weighted by atomic mass is 35.5. The largest absolute Gasteiger partial charge is 0.492 e. The van der Waals surface area contributed by atoms with Crippen LogP contribution in [0.3, 0.4) is 0 Å². The molecule has 1 amide bonds. The van der Waals surface area contributed by atoms with Gasteiger partial charge in [0.05, 0.1) is 17.1 Å². The van der Waals surface area contributed by atoms with E-state index in [2.05, 4.69) is 12.2 Å². The molecule has 0 aliphatic carbocycles. The summed E-state index contributed by atoms with van der Waals surface area (Å²) in [6.45, 7) is 4.03. The summed E-state index contributed by atoms with van der Waals surface area (Å²) in [7, 11) is -3.99. The molecule has 3 aromatic carbocycles. The normalized spacial score (nSPS) is 11.1. The number of ether oxygens (including phenoxy) is 1. The molecule has 6 nitrogen and oxygen atoms in total. The number of sulfonamides is 1. The van der Waals surface area contributed by atoms with Crippen molar-refractivity contribution in [1.82, 2.24) is 5.32 Å². The number of halogens is 1. The van der Waals surface area contributed by atoms with Gasteiger partial charge in [0.2, 0.25) is 5.91 Å². The molecule has 3 aromatic rings. The summed E-state index contributed by atoms with van der Waals surface area (Å²) in [4.78, 5) is 12.8. The van der Waals surface area contributed by atoms with Gasteiger partial charge in [0.15, 0.2) is 0 Å². The summed E-state index contributed by atoms with van der Waals surface area (Å²) < 4.78 is 33.6. The Morgan fingerprint density at radius 3 is 2.41 bits per heavy atom. The molecule has 0 saturated carbocycles. The lowest BCUT2D eigenvalue weighted by Gasteiger charge is -2.25. The summed E-state index contributed by atoms with van der Waals surface area (Å²) in [5.74, 6) is 0.276. The minimum absolute atomic E-state index is 0.0945. The van der Waals surface area contributed by atoms with E-state index in [0.29, 0.717) is 16.3 Å². The molecule has 0 aromatic heterocycles. The third-order valence-corrected chi connectivity index (χ3v) is 7.22. The van der Waals surface area contributed by atoms with Gasteiger partial charge in [-0.2, -0.15) is 0 Å². The lowest BCUT2D eigenvalue weighted by molar-refractivity contribution is -0.119. The number of rotatable bonds is 11. The minimum Gasteiger partial charge on any atom is -0.492 e. The van der Waals surface area contributed by atoms with Gasteiger partial charge in [-0.25, -0.2) is 8.42 Å². The maximum atomic E-state index is 13.4. The third-order valence-electron chi connectivity index (χ3n) is 5.21. The highest BCUT2D eigenvalue weighted by molar-refractivity contribution is 7.92. The lowest BCUT2D eigenvalue weighted by Crippen LogP contribution is -2.42. The average Bonchev–Trinajstić information content (AvgIpc) is 2.83. The van der Waals surface area contributed by atoms with Crippen molar-refractivity contribution >= 4 is 33.2 Å². The van der Waals surface area contributed by atoms with Gasteiger partial charge in [-0.05, 0) is 60.9 Å². The van der Waals surface area contributed by atoms with Crippen molar-refractivity contribution in [2.75, 3.05) is 24.0 Å². The van der Waals surface area contributed by atoms with Crippen LogP contribution in [0.15, 0.2) is 77.7 Å². The summed E-state index contributed by atoms with van der Waals surface area (Å²) in [6.07, 6.45) is 2.10. The number of carbonyl (C=O) groups excluding carboxylic acids is 1. The second kappa shape index (κ2) is 11.9. The van der Waals surface area contributed by atoms with Crippen molar-refractivity contribution in [3.05, 3.63) is 88.9 Å². The molecule has 0 heterocycles. The zero-order valence-electron chi connectivity index (χ0n) is 19.3. The number of anilines is 1. The fourth-order valence-corrected chi connectivity index (χ4v) is 5.12. The smallest absolute Gasteiger partial charge is 0.264 e. The topological polar surface area (TPSA) is 75.7 Å². The summed E-state index contributed by atoms with van der Waals surface area (Å²) in [5.41, 5.74) is 2.29. The van der Waals surface area contributed by atoms with Crippen molar-refractivity contribution in [3.8, 4) is 5.75 Å². The maximum absolute atomic E-state index is 13.4. The van der Waals surface area contributed by atoms with Crippen LogP contribution in [0.2, 0.25) is 5.02 Å². The predicted octanol–water partition coefficient (Wildman–Crippen LogP) is 4.99. The predicted molar refractivity (Wildman–Crippen MR) is 136 cm³/mol. The van der Waals surface area contributed by atoms with E-state index in [1.807, 2.05) is 24.3 Å². The van der Waals surface area contributed by atoms with Crippen molar-refractivity contribution in [1.29, 1.82) is 0 Å². The number of aryl methyl sites for hydroxylation is 2. The number of hydrogen-bond acceptors (Lipinski definition) is 4. The Morgan fingerprint density at radius 2 is 1.74 bits per heavy atom. The van der Waals surface area contributed by atoms with Crippen LogP contribution in [-0.2, 0) is 21.2 Å². The zero-order chi connectivity index (χ0) is 24.6. The molecule has 180 valence electrons. The van der Waals surface area contributed by atoms with Crippen molar-refractivity contribution in [2.24, 2.45) is 0 Å². The van der Waals surface area contributed by atoms with Crippen molar-refractivity contribution < 1.29 is 17.9 Å². The summed E-state index contributed by atoms with van der Waals surface area (Å²) >= 11 is 6.14. The Labute approximate surface area is 206 Å². The number of nitrogens with zero attached hydrogens (tertiary/aromatic N) is 1. The molecule has 0 unspecified atom stereocenters. The minimum atomic E-state index is -3.99. The van der Waals surface area contributed by atoms with E-state index in [0.717, 1.165) is 22.9 Å². The molecule has 8 heteroatoms. The Morgan fingerprint density at radius 1 is 1.03 bits per heavy atom. The van der Waals surface area contributed by atoms with Gasteiger partial charge >= 0.3 is 0 Å². The molecule has 0 atom stereocenters. The van der Waals surface area contributed by atoms with Crippen LogP contribution in [0.25, 0.3) is 0 Å². The molecule has 0 aliphatic rings. The van der Waals surface area contributed by atoms with E-state index in [9.17, 15) is 13.2 Å². The van der Waals surface area contributed by atoms with E-state index in [1.54, 1.807) is 43.3 Å². The Hall–Kier alpha value is -3.03. The monoisotopic (exact) mass is 500 g/mol. The first-order valence-electron chi connectivity index (χ1n) is 11.1. The molecular weight excluding hydrogens is 472 g/mol. The van der Waals surface area contributed by atoms with Crippen LogP contribution < -0.4 is 14.4 Å². The van der Waals surface area contributed by atoms with Gasteiger partial charge in [0.1, 0.15) is 18.9 Å². The van der Waals surface area contributed by atoms with E-state index < -0.39 is 15.9 Å². The first-order valence-corrected chi connectivity index (χ1v) is 13.0. The second-order valence-electron chi connectivity index (χ2n) is 7.85. The van der Waals surface area contributed by atoms with Crippen LogP contribution in [0.4, 0.5) is 5.69 Å². The zero-order valence-corrected chi connectivity index (χ0v) is 20.9. The van der Waals surface area contributed by atoms with Crippen LogP contribution in [0.5, 0.6) is 5.75 Å². The molecule has 0 spiro atoms. The molecule has 0 bridgehead atoms. The Bertz CT molecular complexity index is 1200. The molecule has 34 heavy (non-hydrogen) atoms. The summed E-state index contributed by atoms with van der Waals surface area (Å²) in [6, 6.07) is 20.8. The lowest BCUT2D eigenvalue weighted by atomic mass is 10.1. The Kier molecular flexibility index (Phi) is 8.96. The van der Waals surface area contributed by atoms with E-state index in [-0.39, 0.29) is 24.6 Å². The molecule has 0 radical (unpaired) electrons. The fourth-order valence-electron chi connectivity index (χ4n) is 3.46. The maximum Gasteiger partial charge on any atom is 0.264 e. The standard InChI is InChI=1S/C26H29ClN2O4S/c1-3-7-21-11-14-23(15-12-21)33-17-16-28-26(30)19-29(25-18-22(27)13-10-20(25)2)34(31,32)24-8-5-4-6-9-24/h4-6,8-15,18H,3,7,16-17,19H2,1-2H3,(H,28,30). The van der Waals surface area contributed by atoms with Crippen LogP contribution in [-0.4, -0.2) is 34.0 Å². The number of hydrogen-bond donors (Lipinski definition) is 1. The van der Waals surface area contributed by atoms with Gasteiger partial charge < -0.3 is 10.1 Å². The first-order chi connectivity index (χ1) is 16.3. The van der Waals surface area contributed by atoms with Gasteiger partial charge in [-0.3, -0.25) is 9.10 Å². The van der Waals surface area contributed by atoms with E-state index >= 15 is 0 Å². The fraction of sp³-hybridized carbons (Fsp3) is 0.269. The Balaban J connectivity index is 1.67. The number of carbonyl (C=O) groups is 1. The number of nitrogens with one attached hydrogen (secondary N) is 1. The number of benzene rings is 3. The third kappa shape index (κ3) is 6.74. The molecule has 0 saturated heterocycles. The highest BCUT2D eigenvalue weighted by Gasteiger charge is 2.28. The van der Waals surface area contributed by atoms with Crippen molar-refractivity contribution in [2.45, 2.75) is 31.6 Å². The number of amides is 1. The molecular formula is C26H29ClN2O4S. The second-order valence-corrected chi connectivity index (χ2v) is 10.1.